The Morgan fingerprint density at radius 1 is 1.08 bits per heavy atom. The van der Waals surface area contributed by atoms with Gasteiger partial charge in [-0.3, -0.25) is 0 Å². The number of aliphatic imine (C=N–C) groups is 1. The van der Waals surface area contributed by atoms with Crippen molar-refractivity contribution < 1.29 is 9.13 Å². The minimum Gasteiger partial charge on any atom is -0.494 e. The Kier molecular flexibility index (Phi) is 7.08. The number of ether oxygens (including phenoxy) is 1. The van der Waals surface area contributed by atoms with Crippen LogP contribution in [0.2, 0.25) is 0 Å². The van der Waals surface area contributed by atoms with Crippen LogP contribution < -0.4 is 15.4 Å². The number of nitrogens with zero attached hydrogens (tertiary/aromatic N) is 1. The first-order valence-corrected chi connectivity index (χ1v) is 8.20. The fourth-order valence-electron chi connectivity index (χ4n) is 2.27. The van der Waals surface area contributed by atoms with Gasteiger partial charge in [0.05, 0.1) is 13.2 Å². The maximum absolute atomic E-state index is 13.2. The second-order valence-corrected chi connectivity index (χ2v) is 5.22. The summed E-state index contributed by atoms with van der Waals surface area (Å²) in [4.78, 5) is 4.50. The smallest absolute Gasteiger partial charge is 0.191 e. The molecule has 0 radical (unpaired) electrons. The molecule has 4 nitrogen and oxygen atoms in total. The lowest BCUT2D eigenvalue weighted by atomic mass is 10.2. The zero-order valence-electron chi connectivity index (χ0n) is 14.2. The average molecular weight is 329 g/mol. The summed E-state index contributed by atoms with van der Waals surface area (Å²) in [5, 5.41) is 6.48. The quantitative estimate of drug-likeness (QED) is 0.604. The van der Waals surface area contributed by atoms with Gasteiger partial charge in [0.1, 0.15) is 11.6 Å². The van der Waals surface area contributed by atoms with E-state index in [2.05, 4.69) is 15.6 Å². The first kappa shape index (κ1) is 17.8. The molecule has 0 atom stereocenters. The molecule has 0 spiro atoms. The molecule has 2 rings (SSSR count). The molecule has 0 aliphatic rings. The van der Waals surface area contributed by atoms with Crippen molar-refractivity contribution in [2.24, 2.45) is 4.99 Å². The molecule has 5 heteroatoms. The van der Waals surface area contributed by atoms with Crippen molar-refractivity contribution in [2.75, 3.05) is 13.2 Å². The van der Waals surface area contributed by atoms with Crippen LogP contribution >= 0.6 is 0 Å². The van der Waals surface area contributed by atoms with Crippen molar-refractivity contribution in [3.63, 3.8) is 0 Å². The largest absolute Gasteiger partial charge is 0.494 e. The lowest BCUT2D eigenvalue weighted by Crippen LogP contribution is -2.36. The van der Waals surface area contributed by atoms with E-state index >= 15 is 0 Å². The third kappa shape index (κ3) is 5.57. The Hall–Kier alpha value is -2.56. The average Bonchev–Trinajstić information content (AvgIpc) is 2.59. The highest BCUT2D eigenvalue weighted by atomic mass is 19.1. The second-order valence-electron chi connectivity index (χ2n) is 5.22. The van der Waals surface area contributed by atoms with Gasteiger partial charge in [0.2, 0.25) is 0 Å². The number of hydrogen-bond acceptors (Lipinski definition) is 2. The van der Waals surface area contributed by atoms with E-state index in [-0.39, 0.29) is 5.82 Å². The summed E-state index contributed by atoms with van der Waals surface area (Å²) < 4.78 is 18.9. The van der Waals surface area contributed by atoms with Crippen molar-refractivity contribution in [1.29, 1.82) is 0 Å². The Morgan fingerprint density at radius 2 is 1.92 bits per heavy atom. The summed E-state index contributed by atoms with van der Waals surface area (Å²) in [7, 11) is 0. The number of nitrogens with one attached hydrogen (secondary N) is 2. The molecule has 128 valence electrons. The van der Waals surface area contributed by atoms with E-state index in [0.29, 0.717) is 25.7 Å². The third-order valence-electron chi connectivity index (χ3n) is 3.37. The van der Waals surface area contributed by atoms with Gasteiger partial charge in [-0.2, -0.15) is 0 Å². The number of guanidine groups is 1. The van der Waals surface area contributed by atoms with Gasteiger partial charge in [-0.05, 0) is 37.6 Å². The summed E-state index contributed by atoms with van der Waals surface area (Å²) >= 11 is 0. The van der Waals surface area contributed by atoms with E-state index in [1.807, 2.05) is 44.2 Å². The minimum atomic E-state index is -0.244. The van der Waals surface area contributed by atoms with E-state index in [4.69, 9.17) is 4.74 Å². The van der Waals surface area contributed by atoms with E-state index < -0.39 is 0 Å². The first-order valence-electron chi connectivity index (χ1n) is 8.20. The van der Waals surface area contributed by atoms with Crippen molar-refractivity contribution in [3.8, 4) is 5.75 Å². The lowest BCUT2D eigenvalue weighted by molar-refractivity contribution is 0.336. The number of halogens is 1. The number of para-hydroxylation sites is 1. The van der Waals surface area contributed by atoms with Crippen molar-refractivity contribution in [3.05, 3.63) is 65.5 Å². The summed E-state index contributed by atoms with van der Waals surface area (Å²) in [5.74, 6) is 1.31. The molecule has 0 bridgehead atoms. The zero-order valence-corrected chi connectivity index (χ0v) is 14.2. The molecule has 0 aliphatic carbocycles. The van der Waals surface area contributed by atoms with Gasteiger partial charge in [0.15, 0.2) is 5.96 Å². The van der Waals surface area contributed by atoms with Gasteiger partial charge in [0.25, 0.3) is 0 Å². The molecule has 0 heterocycles. The number of benzene rings is 2. The van der Waals surface area contributed by atoms with E-state index in [1.165, 1.54) is 12.1 Å². The molecule has 2 N–H and O–H groups in total. The zero-order chi connectivity index (χ0) is 17.2. The van der Waals surface area contributed by atoms with Gasteiger partial charge < -0.3 is 15.4 Å². The summed E-state index contributed by atoms with van der Waals surface area (Å²) in [6.07, 6.45) is 0. The molecular formula is C19H24FN3O. The normalized spacial score (nSPS) is 11.2. The summed E-state index contributed by atoms with van der Waals surface area (Å²) in [5.41, 5.74) is 1.90. The highest BCUT2D eigenvalue weighted by Gasteiger charge is 2.04. The predicted octanol–water partition coefficient (Wildman–Crippen LogP) is 3.48. The standard InChI is InChI=1S/C19H24FN3O/c1-3-21-19(22-13-15-8-7-10-17(20)12-15)23-14-16-9-5-6-11-18(16)24-4-2/h5-12H,3-4,13-14H2,1-2H3,(H2,21,22,23). The van der Waals surface area contributed by atoms with E-state index in [1.54, 1.807) is 6.07 Å². The molecule has 0 aliphatic heterocycles. The van der Waals surface area contributed by atoms with Crippen molar-refractivity contribution in [1.82, 2.24) is 10.6 Å². The molecule has 0 aromatic heterocycles. The Bertz CT molecular complexity index is 673. The van der Waals surface area contributed by atoms with Crippen LogP contribution in [0.5, 0.6) is 5.75 Å². The van der Waals surface area contributed by atoms with Gasteiger partial charge >= 0.3 is 0 Å². The first-order chi connectivity index (χ1) is 11.7. The Balaban J connectivity index is 2.02. The lowest BCUT2D eigenvalue weighted by Gasteiger charge is -2.14. The van der Waals surface area contributed by atoms with Crippen LogP contribution in [0, 0.1) is 5.82 Å². The summed E-state index contributed by atoms with van der Waals surface area (Å²) in [6, 6.07) is 14.4. The second kappa shape index (κ2) is 9.55. The van der Waals surface area contributed by atoms with E-state index in [9.17, 15) is 4.39 Å². The highest BCUT2D eigenvalue weighted by Crippen LogP contribution is 2.17. The molecular weight excluding hydrogens is 305 g/mol. The van der Waals surface area contributed by atoms with Crippen LogP contribution in [0.15, 0.2) is 53.5 Å². The minimum absolute atomic E-state index is 0.244. The van der Waals surface area contributed by atoms with Crippen LogP contribution in [0.3, 0.4) is 0 Å². The molecule has 0 unspecified atom stereocenters. The summed E-state index contributed by atoms with van der Waals surface area (Å²) in [6.45, 7) is 6.38. The van der Waals surface area contributed by atoms with Gasteiger partial charge in [0, 0.05) is 18.7 Å². The molecule has 2 aromatic carbocycles. The fraction of sp³-hybridized carbons (Fsp3) is 0.316. The molecule has 2 aromatic rings. The van der Waals surface area contributed by atoms with Gasteiger partial charge in [-0.25, -0.2) is 9.38 Å². The van der Waals surface area contributed by atoms with Crippen LogP contribution in [-0.2, 0) is 13.1 Å². The van der Waals surface area contributed by atoms with Crippen LogP contribution in [-0.4, -0.2) is 19.1 Å². The van der Waals surface area contributed by atoms with Gasteiger partial charge in [-0.1, -0.05) is 30.3 Å². The van der Waals surface area contributed by atoms with E-state index in [0.717, 1.165) is 23.4 Å². The molecule has 0 fully saturated rings. The predicted molar refractivity (Wildman–Crippen MR) is 95.7 cm³/mol. The van der Waals surface area contributed by atoms with Crippen molar-refractivity contribution >= 4 is 5.96 Å². The van der Waals surface area contributed by atoms with Crippen LogP contribution in [0.1, 0.15) is 25.0 Å². The third-order valence-corrected chi connectivity index (χ3v) is 3.37. The van der Waals surface area contributed by atoms with Crippen LogP contribution in [0.4, 0.5) is 4.39 Å². The number of hydrogen-bond donors (Lipinski definition) is 2. The molecule has 24 heavy (non-hydrogen) atoms. The fourth-order valence-corrected chi connectivity index (χ4v) is 2.27. The molecule has 0 saturated carbocycles. The molecule has 0 saturated heterocycles. The monoisotopic (exact) mass is 329 g/mol. The topological polar surface area (TPSA) is 45.7 Å². The Morgan fingerprint density at radius 3 is 2.67 bits per heavy atom. The molecule has 0 amide bonds. The Labute approximate surface area is 142 Å². The van der Waals surface area contributed by atoms with Crippen molar-refractivity contribution in [2.45, 2.75) is 26.9 Å². The van der Waals surface area contributed by atoms with Crippen LogP contribution in [0.25, 0.3) is 0 Å². The maximum atomic E-state index is 13.2. The van der Waals surface area contributed by atoms with Gasteiger partial charge in [-0.15, -0.1) is 0 Å². The highest BCUT2D eigenvalue weighted by molar-refractivity contribution is 5.79. The SMILES string of the molecule is CCNC(=NCc1cccc(F)c1)NCc1ccccc1OCC. The number of rotatable bonds is 7. The maximum Gasteiger partial charge on any atom is 0.191 e.